The molecule has 1 aromatic rings. The van der Waals surface area contributed by atoms with Crippen LogP contribution in [-0.4, -0.2) is 12.6 Å². The third-order valence-electron chi connectivity index (χ3n) is 4.68. The number of aryl methyl sites for hydroxylation is 1. The molecule has 2 heteroatoms. The molecule has 1 N–H and O–H groups in total. The standard InChI is InChI=1S/C16H25NS/c1-11-3-4-13(9-17-15-5-6-15)16(7-11)14-8-12(2)18-10-14/h8,10-11,13,15-17H,3-7,9H2,1-2H3. The van der Waals surface area contributed by atoms with Gasteiger partial charge in [-0.05, 0) is 73.9 Å². The Bertz CT molecular complexity index is 394. The molecule has 1 nitrogen and oxygen atoms in total. The van der Waals surface area contributed by atoms with Crippen LogP contribution in [0.1, 0.15) is 55.4 Å². The average molecular weight is 263 g/mol. The molecule has 2 fully saturated rings. The van der Waals surface area contributed by atoms with Crippen molar-refractivity contribution in [1.82, 2.24) is 5.32 Å². The smallest absolute Gasteiger partial charge is 0.00683 e. The maximum Gasteiger partial charge on any atom is 0.00683 e. The maximum absolute atomic E-state index is 3.75. The van der Waals surface area contributed by atoms with Crippen LogP contribution in [0.2, 0.25) is 0 Å². The van der Waals surface area contributed by atoms with Gasteiger partial charge in [0.05, 0.1) is 0 Å². The van der Waals surface area contributed by atoms with Crippen LogP contribution in [0, 0.1) is 18.8 Å². The van der Waals surface area contributed by atoms with Crippen molar-refractivity contribution in [2.24, 2.45) is 11.8 Å². The van der Waals surface area contributed by atoms with E-state index in [1.807, 2.05) is 11.3 Å². The summed E-state index contributed by atoms with van der Waals surface area (Å²) in [7, 11) is 0. The molecule has 0 spiro atoms. The predicted molar refractivity (Wildman–Crippen MR) is 79.3 cm³/mol. The van der Waals surface area contributed by atoms with Crippen molar-refractivity contribution in [2.75, 3.05) is 6.54 Å². The highest BCUT2D eigenvalue weighted by Crippen LogP contribution is 2.41. The van der Waals surface area contributed by atoms with E-state index in [-0.39, 0.29) is 0 Å². The zero-order chi connectivity index (χ0) is 12.5. The third kappa shape index (κ3) is 2.97. The highest BCUT2D eigenvalue weighted by atomic mass is 32.1. The summed E-state index contributed by atoms with van der Waals surface area (Å²) >= 11 is 1.92. The molecular formula is C16H25NS. The molecule has 0 bridgehead atoms. The van der Waals surface area contributed by atoms with Crippen molar-refractivity contribution in [3.05, 3.63) is 21.9 Å². The predicted octanol–water partition coefficient (Wildman–Crippen LogP) is 4.33. The fraction of sp³-hybridized carbons (Fsp3) is 0.750. The molecule has 3 unspecified atom stereocenters. The van der Waals surface area contributed by atoms with Crippen molar-refractivity contribution in [1.29, 1.82) is 0 Å². The topological polar surface area (TPSA) is 12.0 Å². The van der Waals surface area contributed by atoms with E-state index in [1.165, 1.54) is 43.5 Å². The lowest BCUT2D eigenvalue weighted by Gasteiger charge is -2.35. The van der Waals surface area contributed by atoms with Crippen LogP contribution < -0.4 is 5.32 Å². The number of hydrogen-bond donors (Lipinski definition) is 1. The molecule has 0 radical (unpaired) electrons. The van der Waals surface area contributed by atoms with Crippen LogP contribution in [0.5, 0.6) is 0 Å². The minimum Gasteiger partial charge on any atom is -0.314 e. The van der Waals surface area contributed by atoms with E-state index in [2.05, 4.69) is 30.6 Å². The van der Waals surface area contributed by atoms with E-state index in [4.69, 9.17) is 0 Å². The fourth-order valence-electron chi connectivity index (χ4n) is 3.36. The maximum atomic E-state index is 3.75. The van der Waals surface area contributed by atoms with Gasteiger partial charge in [0.25, 0.3) is 0 Å². The van der Waals surface area contributed by atoms with Gasteiger partial charge in [-0.15, -0.1) is 11.3 Å². The second-order valence-electron chi connectivity index (χ2n) is 6.46. The lowest BCUT2D eigenvalue weighted by molar-refractivity contribution is 0.241. The quantitative estimate of drug-likeness (QED) is 0.852. The number of hydrogen-bond acceptors (Lipinski definition) is 2. The van der Waals surface area contributed by atoms with Gasteiger partial charge in [0.15, 0.2) is 0 Å². The number of thiophene rings is 1. The van der Waals surface area contributed by atoms with Crippen LogP contribution >= 0.6 is 11.3 Å². The van der Waals surface area contributed by atoms with Crippen LogP contribution in [0.25, 0.3) is 0 Å². The van der Waals surface area contributed by atoms with Crippen molar-refractivity contribution in [3.8, 4) is 0 Å². The first-order valence-electron chi connectivity index (χ1n) is 7.51. The Labute approximate surface area is 115 Å². The van der Waals surface area contributed by atoms with Crippen molar-refractivity contribution in [3.63, 3.8) is 0 Å². The summed E-state index contributed by atoms with van der Waals surface area (Å²) in [5, 5.41) is 6.16. The Kier molecular flexibility index (Phi) is 3.76. The van der Waals surface area contributed by atoms with Crippen LogP contribution in [0.3, 0.4) is 0 Å². The Morgan fingerprint density at radius 3 is 2.78 bits per heavy atom. The Hall–Kier alpha value is -0.340. The first kappa shape index (κ1) is 12.7. The summed E-state index contributed by atoms with van der Waals surface area (Å²) in [6, 6.07) is 3.28. The summed E-state index contributed by atoms with van der Waals surface area (Å²) in [6.45, 7) is 5.91. The fourth-order valence-corrected chi connectivity index (χ4v) is 4.13. The van der Waals surface area contributed by atoms with Crippen molar-refractivity contribution in [2.45, 2.75) is 57.9 Å². The van der Waals surface area contributed by atoms with E-state index >= 15 is 0 Å². The molecule has 100 valence electrons. The minimum atomic E-state index is 0.810. The van der Waals surface area contributed by atoms with Crippen molar-refractivity contribution >= 4 is 11.3 Å². The molecule has 2 aliphatic rings. The van der Waals surface area contributed by atoms with E-state index in [0.717, 1.165) is 23.8 Å². The molecule has 18 heavy (non-hydrogen) atoms. The van der Waals surface area contributed by atoms with Gasteiger partial charge in [0.2, 0.25) is 0 Å². The lowest BCUT2D eigenvalue weighted by Crippen LogP contribution is -2.32. The third-order valence-corrected chi connectivity index (χ3v) is 5.56. The monoisotopic (exact) mass is 263 g/mol. The van der Waals surface area contributed by atoms with Crippen LogP contribution in [0.15, 0.2) is 11.4 Å². The van der Waals surface area contributed by atoms with E-state index in [0.29, 0.717) is 0 Å². The first-order chi connectivity index (χ1) is 8.72. The molecule has 1 heterocycles. The summed E-state index contributed by atoms with van der Waals surface area (Å²) in [5.41, 5.74) is 1.62. The van der Waals surface area contributed by atoms with Gasteiger partial charge in [0, 0.05) is 10.9 Å². The van der Waals surface area contributed by atoms with Gasteiger partial charge < -0.3 is 5.32 Å². The van der Waals surface area contributed by atoms with Crippen LogP contribution in [0.4, 0.5) is 0 Å². The summed E-state index contributed by atoms with van der Waals surface area (Å²) < 4.78 is 0. The van der Waals surface area contributed by atoms with E-state index < -0.39 is 0 Å². The highest BCUT2D eigenvalue weighted by Gasteiger charge is 2.31. The first-order valence-corrected chi connectivity index (χ1v) is 8.38. The number of rotatable bonds is 4. The molecular weight excluding hydrogens is 238 g/mol. The lowest BCUT2D eigenvalue weighted by atomic mass is 9.72. The Balaban J connectivity index is 1.68. The Morgan fingerprint density at radius 2 is 2.11 bits per heavy atom. The molecule has 0 saturated heterocycles. The zero-order valence-electron chi connectivity index (χ0n) is 11.6. The van der Waals surface area contributed by atoms with Gasteiger partial charge in [0.1, 0.15) is 0 Å². The molecule has 1 aromatic heterocycles. The SMILES string of the molecule is Cc1cc(C2CC(C)CCC2CNC2CC2)cs1. The molecule has 2 saturated carbocycles. The highest BCUT2D eigenvalue weighted by molar-refractivity contribution is 7.10. The second-order valence-corrected chi connectivity index (χ2v) is 7.57. The zero-order valence-corrected chi connectivity index (χ0v) is 12.4. The second kappa shape index (κ2) is 5.34. The van der Waals surface area contributed by atoms with Gasteiger partial charge >= 0.3 is 0 Å². The van der Waals surface area contributed by atoms with Gasteiger partial charge in [-0.2, -0.15) is 0 Å². The van der Waals surface area contributed by atoms with E-state index in [9.17, 15) is 0 Å². The summed E-state index contributed by atoms with van der Waals surface area (Å²) in [4.78, 5) is 1.47. The van der Waals surface area contributed by atoms with E-state index in [1.54, 1.807) is 5.56 Å². The molecule has 0 amide bonds. The summed E-state index contributed by atoms with van der Waals surface area (Å²) in [6.07, 6.45) is 7.06. The van der Waals surface area contributed by atoms with Crippen molar-refractivity contribution < 1.29 is 0 Å². The number of nitrogens with one attached hydrogen (secondary N) is 1. The normalized spacial score (nSPS) is 32.7. The van der Waals surface area contributed by atoms with Gasteiger partial charge in [-0.25, -0.2) is 0 Å². The molecule has 3 rings (SSSR count). The Morgan fingerprint density at radius 1 is 1.28 bits per heavy atom. The van der Waals surface area contributed by atoms with Gasteiger partial charge in [-0.1, -0.05) is 13.3 Å². The molecule has 3 atom stereocenters. The molecule has 2 aliphatic carbocycles. The molecule has 0 aromatic carbocycles. The average Bonchev–Trinajstić information content (AvgIpc) is 3.09. The largest absolute Gasteiger partial charge is 0.314 e. The minimum absolute atomic E-state index is 0.810. The summed E-state index contributed by atoms with van der Waals surface area (Å²) in [5.74, 6) is 2.59. The van der Waals surface area contributed by atoms with Crippen LogP contribution in [-0.2, 0) is 0 Å². The van der Waals surface area contributed by atoms with Gasteiger partial charge in [-0.3, -0.25) is 0 Å². The molecule has 0 aliphatic heterocycles.